The smallest absolute Gasteiger partial charge is 0.396 e. The zero-order valence-electron chi connectivity index (χ0n) is 15.5. The highest BCUT2D eigenvalue weighted by molar-refractivity contribution is 6.37. The summed E-state index contributed by atoms with van der Waals surface area (Å²) in [5.41, 5.74) is 2.88. The van der Waals surface area contributed by atoms with Crippen molar-refractivity contribution in [3.63, 3.8) is 0 Å². The average molecular weight is 357 g/mol. The molecule has 26 heavy (non-hydrogen) atoms. The highest BCUT2D eigenvalue weighted by Gasteiger charge is 2.16. The number of anilines is 1. The van der Waals surface area contributed by atoms with E-state index in [4.69, 9.17) is 4.74 Å². The van der Waals surface area contributed by atoms with Gasteiger partial charge in [0.05, 0.1) is 7.11 Å². The van der Waals surface area contributed by atoms with Crippen LogP contribution in [0.4, 0.5) is 5.69 Å². The number of phenolic OH excluding ortho intramolecular Hbond substituents is 1. The lowest BCUT2D eigenvalue weighted by atomic mass is 10.0. The highest BCUT2D eigenvalue weighted by Crippen LogP contribution is 2.35. The average Bonchev–Trinajstić information content (AvgIpc) is 2.58. The van der Waals surface area contributed by atoms with Crippen molar-refractivity contribution in [2.24, 2.45) is 0 Å². The minimum atomic E-state index is -0.953. The van der Waals surface area contributed by atoms with Crippen LogP contribution in [0.15, 0.2) is 30.3 Å². The SMILES string of the molecule is COC(=O)C(=O)Nc1cc(C)c(Oc2ccc(O)c(C(C)C)c2)c(C)c1. The molecular formula is C20H23NO5. The summed E-state index contributed by atoms with van der Waals surface area (Å²) >= 11 is 0. The number of ether oxygens (including phenoxy) is 2. The topological polar surface area (TPSA) is 84.9 Å². The van der Waals surface area contributed by atoms with Crippen LogP contribution in [0.25, 0.3) is 0 Å². The number of hydrogen-bond acceptors (Lipinski definition) is 5. The van der Waals surface area contributed by atoms with Crippen LogP contribution in [0.3, 0.4) is 0 Å². The molecule has 0 saturated heterocycles. The van der Waals surface area contributed by atoms with E-state index in [-0.39, 0.29) is 11.7 Å². The fourth-order valence-electron chi connectivity index (χ4n) is 2.63. The number of phenols is 1. The second-order valence-electron chi connectivity index (χ2n) is 6.36. The van der Waals surface area contributed by atoms with Gasteiger partial charge in [-0.2, -0.15) is 0 Å². The van der Waals surface area contributed by atoms with Crippen molar-refractivity contribution in [1.29, 1.82) is 0 Å². The predicted octanol–water partition coefficient (Wildman–Crippen LogP) is 4.04. The van der Waals surface area contributed by atoms with Crippen LogP contribution in [0, 0.1) is 13.8 Å². The quantitative estimate of drug-likeness (QED) is 0.637. The molecule has 0 bridgehead atoms. The van der Waals surface area contributed by atoms with Gasteiger partial charge in [0.2, 0.25) is 0 Å². The Morgan fingerprint density at radius 2 is 1.69 bits per heavy atom. The molecule has 1 amide bonds. The number of rotatable bonds is 4. The minimum absolute atomic E-state index is 0.164. The molecule has 0 aliphatic rings. The van der Waals surface area contributed by atoms with Gasteiger partial charge in [0.15, 0.2) is 0 Å². The van der Waals surface area contributed by atoms with Gasteiger partial charge in [-0.3, -0.25) is 4.79 Å². The maximum atomic E-state index is 11.6. The Kier molecular flexibility index (Phi) is 5.87. The van der Waals surface area contributed by atoms with E-state index >= 15 is 0 Å². The van der Waals surface area contributed by atoms with Gasteiger partial charge in [-0.05, 0) is 61.2 Å². The van der Waals surface area contributed by atoms with E-state index in [2.05, 4.69) is 10.1 Å². The van der Waals surface area contributed by atoms with Gasteiger partial charge >= 0.3 is 11.9 Å². The minimum Gasteiger partial charge on any atom is -0.508 e. The van der Waals surface area contributed by atoms with E-state index in [0.29, 0.717) is 17.2 Å². The number of aryl methyl sites for hydroxylation is 2. The first kappa shape index (κ1) is 19.3. The second kappa shape index (κ2) is 7.91. The van der Waals surface area contributed by atoms with Crippen molar-refractivity contribution < 1.29 is 24.2 Å². The van der Waals surface area contributed by atoms with Crippen LogP contribution in [-0.4, -0.2) is 24.1 Å². The Bertz CT molecular complexity index is 819. The number of aromatic hydroxyl groups is 1. The van der Waals surface area contributed by atoms with Crippen LogP contribution in [-0.2, 0) is 14.3 Å². The van der Waals surface area contributed by atoms with Crippen LogP contribution < -0.4 is 10.1 Å². The number of amides is 1. The summed E-state index contributed by atoms with van der Waals surface area (Å²) in [4.78, 5) is 22.9. The molecule has 0 heterocycles. The number of methoxy groups -OCH3 is 1. The highest BCUT2D eigenvalue weighted by atomic mass is 16.5. The Labute approximate surface area is 152 Å². The van der Waals surface area contributed by atoms with Gasteiger partial charge in [-0.1, -0.05) is 13.8 Å². The van der Waals surface area contributed by atoms with Crippen molar-refractivity contribution in [2.75, 3.05) is 12.4 Å². The molecule has 138 valence electrons. The van der Waals surface area contributed by atoms with Crippen molar-refractivity contribution >= 4 is 17.6 Å². The van der Waals surface area contributed by atoms with E-state index < -0.39 is 11.9 Å². The molecule has 2 aromatic rings. The summed E-state index contributed by atoms with van der Waals surface area (Å²) in [6.45, 7) is 7.68. The van der Waals surface area contributed by atoms with Crippen molar-refractivity contribution in [3.05, 3.63) is 47.0 Å². The van der Waals surface area contributed by atoms with Crippen LogP contribution in [0.2, 0.25) is 0 Å². The normalized spacial score (nSPS) is 10.5. The fraction of sp³-hybridized carbons (Fsp3) is 0.300. The summed E-state index contributed by atoms with van der Waals surface area (Å²) < 4.78 is 10.4. The molecule has 0 fully saturated rings. The van der Waals surface area contributed by atoms with Crippen LogP contribution in [0.5, 0.6) is 17.2 Å². The lowest BCUT2D eigenvalue weighted by Gasteiger charge is -2.16. The van der Waals surface area contributed by atoms with Crippen molar-refractivity contribution in [3.8, 4) is 17.2 Å². The zero-order valence-corrected chi connectivity index (χ0v) is 15.5. The Balaban J connectivity index is 2.27. The number of nitrogens with one attached hydrogen (secondary N) is 1. The van der Waals surface area contributed by atoms with Gasteiger partial charge in [-0.15, -0.1) is 0 Å². The largest absolute Gasteiger partial charge is 0.508 e. The van der Waals surface area contributed by atoms with E-state index in [1.807, 2.05) is 33.8 Å². The standard InChI is InChI=1S/C20H23NO5/c1-11(2)16-10-15(6-7-17(16)22)26-18-12(3)8-14(9-13(18)4)21-19(23)20(24)25-5/h6-11,22H,1-5H3,(H,21,23). The fourth-order valence-corrected chi connectivity index (χ4v) is 2.63. The van der Waals surface area contributed by atoms with Gasteiger partial charge in [-0.25, -0.2) is 4.79 Å². The van der Waals surface area contributed by atoms with Gasteiger partial charge < -0.3 is 19.9 Å². The molecule has 2 aromatic carbocycles. The third kappa shape index (κ3) is 4.33. The second-order valence-corrected chi connectivity index (χ2v) is 6.36. The molecule has 6 nitrogen and oxygen atoms in total. The molecule has 0 radical (unpaired) electrons. The number of hydrogen-bond donors (Lipinski definition) is 2. The molecule has 2 rings (SSSR count). The summed E-state index contributed by atoms with van der Waals surface area (Å²) in [6, 6.07) is 8.55. The van der Waals surface area contributed by atoms with Gasteiger partial charge in [0, 0.05) is 11.3 Å². The lowest BCUT2D eigenvalue weighted by molar-refractivity contribution is -0.150. The molecule has 0 saturated carbocycles. The van der Waals surface area contributed by atoms with Crippen LogP contribution in [0.1, 0.15) is 36.5 Å². The number of esters is 1. The molecule has 0 atom stereocenters. The summed E-state index contributed by atoms with van der Waals surface area (Å²) in [6.07, 6.45) is 0. The molecule has 0 aromatic heterocycles. The molecule has 0 spiro atoms. The Morgan fingerprint density at radius 3 is 2.23 bits per heavy atom. The van der Waals surface area contributed by atoms with E-state index in [0.717, 1.165) is 23.8 Å². The van der Waals surface area contributed by atoms with Crippen molar-refractivity contribution in [2.45, 2.75) is 33.6 Å². The van der Waals surface area contributed by atoms with E-state index in [1.54, 1.807) is 24.3 Å². The summed E-state index contributed by atoms with van der Waals surface area (Å²) in [5, 5.41) is 12.4. The first-order valence-corrected chi connectivity index (χ1v) is 8.24. The zero-order chi connectivity index (χ0) is 19.4. The van der Waals surface area contributed by atoms with Crippen molar-refractivity contribution in [1.82, 2.24) is 0 Å². The van der Waals surface area contributed by atoms with Crippen LogP contribution >= 0.6 is 0 Å². The first-order valence-electron chi connectivity index (χ1n) is 8.24. The number of carbonyl (C=O) groups is 2. The maximum absolute atomic E-state index is 11.6. The summed E-state index contributed by atoms with van der Waals surface area (Å²) in [5.74, 6) is -0.116. The van der Waals surface area contributed by atoms with Gasteiger partial charge in [0.25, 0.3) is 0 Å². The maximum Gasteiger partial charge on any atom is 0.396 e. The third-order valence-corrected chi connectivity index (χ3v) is 3.93. The van der Waals surface area contributed by atoms with E-state index in [1.165, 1.54) is 0 Å². The predicted molar refractivity (Wildman–Crippen MR) is 98.8 cm³/mol. The first-order chi connectivity index (χ1) is 12.2. The Hall–Kier alpha value is -3.02. The van der Waals surface area contributed by atoms with Gasteiger partial charge in [0.1, 0.15) is 17.2 Å². The molecule has 0 aliphatic carbocycles. The molecule has 6 heteroatoms. The van der Waals surface area contributed by atoms with E-state index in [9.17, 15) is 14.7 Å². The Morgan fingerprint density at radius 1 is 1.08 bits per heavy atom. The monoisotopic (exact) mass is 357 g/mol. The molecular weight excluding hydrogens is 334 g/mol. The molecule has 2 N–H and O–H groups in total. The number of carbonyl (C=O) groups excluding carboxylic acids is 2. The summed E-state index contributed by atoms with van der Waals surface area (Å²) in [7, 11) is 1.15. The third-order valence-electron chi connectivity index (χ3n) is 3.93. The lowest BCUT2D eigenvalue weighted by Crippen LogP contribution is -2.23. The molecule has 0 aliphatic heterocycles. The number of benzene rings is 2. The molecule has 0 unspecified atom stereocenters.